The number of aryl methyl sites for hydroxylation is 1. The Balaban J connectivity index is 1.58. The molecule has 0 unspecified atom stereocenters. The summed E-state index contributed by atoms with van der Waals surface area (Å²) in [6, 6.07) is 23.6. The number of fused-ring (bicyclic) bond motifs is 1. The van der Waals surface area contributed by atoms with Gasteiger partial charge in [-0.1, -0.05) is 60.7 Å². The topological polar surface area (TPSA) is 150 Å². The maximum Gasteiger partial charge on any atom is 0.255 e. The molecular formula is C34H26NO8-3. The minimum atomic E-state index is -1.92. The monoisotopic (exact) mass is 576 g/mol. The van der Waals surface area contributed by atoms with Crippen LogP contribution >= 0.6 is 0 Å². The van der Waals surface area contributed by atoms with E-state index in [1.165, 1.54) is 4.90 Å². The molecule has 4 aromatic rings. The predicted octanol–water partition coefficient (Wildman–Crippen LogP) is 2.17. The van der Waals surface area contributed by atoms with E-state index in [1.54, 1.807) is 7.11 Å². The molecule has 1 aliphatic rings. The summed E-state index contributed by atoms with van der Waals surface area (Å²) in [5.41, 5.74) is 1.55. The molecule has 1 amide bonds. The van der Waals surface area contributed by atoms with Crippen molar-refractivity contribution in [3.05, 3.63) is 124 Å². The van der Waals surface area contributed by atoms with Gasteiger partial charge in [0, 0.05) is 28.8 Å². The van der Waals surface area contributed by atoms with Crippen molar-refractivity contribution in [2.24, 2.45) is 0 Å². The number of carbonyl (C=O) groups excluding carboxylic acids is 4. The number of rotatable bonds is 9. The van der Waals surface area contributed by atoms with Crippen molar-refractivity contribution in [1.29, 1.82) is 0 Å². The van der Waals surface area contributed by atoms with Crippen molar-refractivity contribution in [1.82, 2.24) is 4.90 Å². The number of ether oxygens (including phenoxy) is 1. The highest BCUT2D eigenvalue weighted by Crippen LogP contribution is 2.37. The average Bonchev–Trinajstić information content (AvgIpc) is 3.02. The number of carboxylic acids is 3. The molecule has 0 N–H and O–H groups in total. The van der Waals surface area contributed by atoms with Crippen LogP contribution in [0.1, 0.15) is 77.0 Å². The third kappa shape index (κ3) is 5.97. The predicted molar refractivity (Wildman–Crippen MR) is 150 cm³/mol. The third-order valence-corrected chi connectivity index (χ3v) is 7.75. The lowest BCUT2D eigenvalue weighted by Crippen LogP contribution is -2.39. The summed E-state index contributed by atoms with van der Waals surface area (Å²) in [5.74, 6) is -5.69. The van der Waals surface area contributed by atoms with E-state index >= 15 is 0 Å². The van der Waals surface area contributed by atoms with Crippen LogP contribution < -0.4 is 20.1 Å². The molecule has 0 saturated heterocycles. The first-order chi connectivity index (χ1) is 20.7. The molecule has 0 radical (unpaired) electrons. The number of carboxylic acid groups (broad SMARTS) is 3. The molecule has 0 spiro atoms. The number of benzene rings is 4. The van der Waals surface area contributed by atoms with Gasteiger partial charge in [0.1, 0.15) is 5.75 Å². The van der Waals surface area contributed by atoms with Crippen LogP contribution in [0.2, 0.25) is 0 Å². The van der Waals surface area contributed by atoms with Crippen molar-refractivity contribution in [3.63, 3.8) is 0 Å². The zero-order valence-corrected chi connectivity index (χ0v) is 23.2. The zero-order valence-electron chi connectivity index (χ0n) is 23.2. The Morgan fingerprint density at radius 2 is 1.28 bits per heavy atom. The van der Waals surface area contributed by atoms with Gasteiger partial charge >= 0.3 is 0 Å². The second-order valence-electron chi connectivity index (χ2n) is 10.3. The molecule has 0 saturated carbocycles. The van der Waals surface area contributed by atoms with E-state index in [0.29, 0.717) is 12.5 Å². The lowest BCUT2D eigenvalue weighted by molar-refractivity contribution is -0.259. The van der Waals surface area contributed by atoms with E-state index in [-0.39, 0.29) is 6.54 Å². The van der Waals surface area contributed by atoms with E-state index in [2.05, 4.69) is 0 Å². The van der Waals surface area contributed by atoms with Crippen LogP contribution in [-0.4, -0.2) is 35.8 Å². The van der Waals surface area contributed by atoms with E-state index in [9.17, 15) is 34.5 Å². The Kier molecular flexibility index (Phi) is 8.25. The summed E-state index contributed by atoms with van der Waals surface area (Å²) in [5, 5.41) is 35.5. The molecule has 4 aromatic carbocycles. The summed E-state index contributed by atoms with van der Waals surface area (Å²) in [6.45, 7) is 0.0656. The Morgan fingerprint density at radius 3 is 1.86 bits per heavy atom. The lowest BCUT2D eigenvalue weighted by Gasteiger charge is -2.37. The first-order valence-electron chi connectivity index (χ1n) is 13.6. The second kappa shape index (κ2) is 12.2. The fourth-order valence-electron chi connectivity index (χ4n) is 5.60. The molecule has 1 aliphatic carbocycles. The molecule has 0 aliphatic heterocycles. The number of methoxy groups -OCH3 is 1. The van der Waals surface area contributed by atoms with Crippen molar-refractivity contribution in [3.8, 4) is 16.9 Å². The van der Waals surface area contributed by atoms with Crippen LogP contribution in [-0.2, 0) is 13.0 Å². The first-order valence-corrected chi connectivity index (χ1v) is 13.6. The lowest BCUT2D eigenvalue weighted by atomic mass is 9.86. The summed E-state index contributed by atoms with van der Waals surface area (Å²) >= 11 is 0. The summed E-state index contributed by atoms with van der Waals surface area (Å²) in [6.07, 6.45) is 2.16. The van der Waals surface area contributed by atoms with Gasteiger partial charge in [-0.3, -0.25) is 4.79 Å². The molecule has 0 aromatic heterocycles. The van der Waals surface area contributed by atoms with Crippen molar-refractivity contribution >= 4 is 23.8 Å². The van der Waals surface area contributed by atoms with Crippen LogP contribution in [0.25, 0.3) is 11.1 Å². The van der Waals surface area contributed by atoms with Crippen LogP contribution in [0.4, 0.5) is 0 Å². The molecule has 1 atom stereocenters. The highest BCUT2D eigenvalue weighted by Gasteiger charge is 2.32. The van der Waals surface area contributed by atoms with Gasteiger partial charge in [-0.05, 0) is 71.3 Å². The highest BCUT2D eigenvalue weighted by atomic mass is 16.5. The fraction of sp³-hybridized carbons (Fsp3) is 0.176. The standard InChI is InChI=1S/C34H29NO8/c1-43-24-15-13-22(14-16-24)21-11-9-20(10-12-21)19-35(30-8-4-6-23-5-2-3-7-25(23)30)31(36)26-17-28(33(39)40)29(34(41)42)18-27(26)32(37)38/h2-3,5,7,9-18,30H,4,6,8,19H2,1H3,(H,37,38)(H,39,40)(H,41,42)/p-3/t30-/m0/s1. The Morgan fingerprint density at radius 1 is 0.744 bits per heavy atom. The van der Waals surface area contributed by atoms with Crippen LogP contribution in [0.15, 0.2) is 84.9 Å². The number of hydrogen-bond donors (Lipinski definition) is 0. The van der Waals surface area contributed by atoms with Crippen LogP contribution in [0.5, 0.6) is 5.75 Å². The van der Waals surface area contributed by atoms with Crippen molar-refractivity contribution < 1.29 is 39.2 Å². The number of hydrogen-bond acceptors (Lipinski definition) is 8. The molecule has 43 heavy (non-hydrogen) atoms. The SMILES string of the molecule is COc1ccc(-c2ccc(CN(C(=O)c3cc(C(=O)[O-])c(C(=O)[O-])cc3C(=O)[O-])[C@H]3CCCc4ccccc43)cc2)cc1. The number of carbonyl (C=O) groups is 4. The summed E-state index contributed by atoms with van der Waals surface area (Å²) in [4.78, 5) is 51.2. The van der Waals surface area contributed by atoms with Gasteiger partial charge in [-0.2, -0.15) is 0 Å². The highest BCUT2D eigenvalue weighted by molar-refractivity contribution is 6.09. The first kappa shape index (κ1) is 29.1. The van der Waals surface area contributed by atoms with E-state index in [4.69, 9.17) is 4.74 Å². The number of nitrogens with zero attached hydrogens (tertiary/aromatic N) is 1. The third-order valence-electron chi connectivity index (χ3n) is 7.75. The Hall–Kier alpha value is -5.44. The van der Waals surface area contributed by atoms with E-state index in [0.717, 1.165) is 52.5 Å². The zero-order chi connectivity index (χ0) is 30.7. The molecule has 5 rings (SSSR count). The minimum Gasteiger partial charge on any atom is -0.545 e. The van der Waals surface area contributed by atoms with Gasteiger partial charge in [0.25, 0.3) is 5.91 Å². The van der Waals surface area contributed by atoms with E-state index in [1.807, 2.05) is 72.8 Å². The van der Waals surface area contributed by atoms with Crippen molar-refractivity contribution in [2.45, 2.75) is 31.8 Å². The fourth-order valence-corrected chi connectivity index (χ4v) is 5.60. The molecule has 9 nitrogen and oxygen atoms in total. The van der Waals surface area contributed by atoms with Gasteiger partial charge in [0.05, 0.1) is 31.1 Å². The maximum atomic E-state index is 14.2. The van der Waals surface area contributed by atoms with Gasteiger partial charge in [-0.25, -0.2) is 0 Å². The quantitative estimate of drug-likeness (QED) is 0.294. The average molecular weight is 577 g/mol. The normalized spacial score (nSPS) is 13.9. The largest absolute Gasteiger partial charge is 0.545 e. The molecule has 0 fully saturated rings. The van der Waals surface area contributed by atoms with Gasteiger partial charge < -0.3 is 39.3 Å². The molecule has 0 heterocycles. The molecule has 9 heteroatoms. The molecule has 0 bridgehead atoms. The number of aromatic carboxylic acids is 3. The summed E-state index contributed by atoms with van der Waals surface area (Å²) in [7, 11) is 1.59. The molecule has 218 valence electrons. The second-order valence-corrected chi connectivity index (χ2v) is 10.3. The van der Waals surface area contributed by atoms with Crippen LogP contribution in [0, 0.1) is 0 Å². The maximum absolute atomic E-state index is 14.2. The summed E-state index contributed by atoms with van der Waals surface area (Å²) < 4.78 is 5.22. The van der Waals surface area contributed by atoms with Crippen LogP contribution in [0.3, 0.4) is 0 Å². The smallest absolute Gasteiger partial charge is 0.255 e. The Bertz CT molecular complexity index is 1710. The minimum absolute atomic E-state index is 0.0656. The number of amides is 1. The van der Waals surface area contributed by atoms with Gasteiger partial charge in [0.15, 0.2) is 0 Å². The Labute approximate surface area is 247 Å². The van der Waals surface area contributed by atoms with Gasteiger partial charge in [0.2, 0.25) is 0 Å². The molecular weight excluding hydrogens is 550 g/mol. The van der Waals surface area contributed by atoms with Crippen molar-refractivity contribution in [2.75, 3.05) is 7.11 Å². The van der Waals surface area contributed by atoms with E-state index < -0.39 is 52.1 Å². The van der Waals surface area contributed by atoms with Gasteiger partial charge in [-0.15, -0.1) is 0 Å².